The highest BCUT2D eigenvalue weighted by atomic mass is 35.5. The summed E-state index contributed by atoms with van der Waals surface area (Å²) in [4.78, 5) is 24.8. The lowest BCUT2D eigenvalue weighted by Gasteiger charge is -2.29. The number of ether oxygens (including phenoxy) is 2. The number of halogens is 2. The van der Waals surface area contributed by atoms with Crippen molar-refractivity contribution in [2.75, 3.05) is 13.7 Å². The summed E-state index contributed by atoms with van der Waals surface area (Å²) in [7, 11) is 1.36. The molecule has 3 aliphatic rings. The number of hydrogen-bond acceptors (Lipinski definition) is 5. The van der Waals surface area contributed by atoms with E-state index in [0.717, 1.165) is 11.1 Å². The van der Waals surface area contributed by atoms with Gasteiger partial charge < -0.3 is 20.1 Å². The first-order chi connectivity index (χ1) is 13.4. The van der Waals surface area contributed by atoms with Crippen molar-refractivity contribution in [1.82, 2.24) is 10.6 Å². The number of rotatable bonds is 4. The van der Waals surface area contributed by atoms with Crippen molar-refractivity contribution >= 4 is 40.7 Å². The summed E-state index contributed by atoms with van der Waals surface area (Å²) < 4.78 is 10.7. The third-order valence-corrected chi connectivity index (χ3v) is 5.94. The van der Waals surface area contributed by atoms with E-state index in [9.17, 15) is 9.59 Å². The summed E-state index contributed by atoms with van der Waals surface area (Å²) >= 11 is 12.3. The van der Waals surface area contributed by atoms with Crippen molar-refractivity contribution in [3.05, 3.63) is 52.2 Å². The van der Waals surface area contributed by atoms with Crippen LogP contribution < -0.4 is 10.6 Å². The Kier molecular flexibility index (Phi) is 5.12. The van der Waals surface area contributed by atoms with Crippen LogP contribution in [0.5, 0.6) is 0 Å². The van der Waals surface area contributed by atoms with Gasteiger partial charge in [0.05, 0.1) is 25.3 Å². The molecular formula is C20H20Cl2N2O4. The monoisotopic (exact) mass is 422 g/mol. The lowest BCUT2D eigenvalue weighted by Crippen LogP contribution is -2.55. The van der Waals surface area contributed by atoms with Crippen LogP contribution in [-0.4, -0.2) is 43.2 Å². The number of fused-ring (bicyclic) bond motifs is 1. The standard InChI is InChI=1S/C20H20Cl2N2O4/c1-27-18(25)11-2-3-15(8-11)24-19(26)20-4-5-23-17(20)16(10-28-20)12-6-13(21)9-14(22)7-12/h2-3,6-7,9-11,15,17,23H,4-5,8H2,1H3,(H,24,26). The SMILES string of the molecule is COC(=O)C1C=CC(NC(=O)C23CCNC2C(c2cc(Cl)cc(Cl)c2)=CO3)C1. The minimum atomic E-state index is -1.03. The highest BCUT2D eigenvalue weighted by molar-refractivity contribution is 6.34. The summed E-state index contributed by atoms with van der Waals surface area (Å²) in [6, 6.07) is 4.73. The second kappa shape index (κ2) is 7.43. The molecule has 1 amide bonds. The fourth-order valence-electron chi connectivity index (χ4n) is 4.11. The van der Waals surface area contributed by atoms with E-state index in [1.807, 2.05) is 6.08 Å². The number of carbonyl (C=O) groups excluding carboxylic acids is 2. The van der Waals surface area contributed by atoms with E-state index in [4.69, 9.17) is 32.7 Å². The molecule has 4 rings (SSSR count). The van der Waals surface area contributed by atoms with Crippen molar-refractivity contribution in [2.24, 2.45) is 5.92 Å². The lowest BCUT2D eigenvalue weighted by molar-refractivity contribution is -0.144. The molecule has 0 saturated carbocycles. The smallest absolute Gasteiger partial charge is 0.312 e. The van der Waals surface area contributed by atoms with Crippen LogP contribution in [0.3, 0.4) is 0 Å². The summed E-state index contributed by atoms with van der Waals surface area (Å²) in [6.45, 7) is 0.648. The lowest BCUT2D eigenvalue weighted by atomic mass is 9.87. The van der Waals surface area contributed by atoms with Crippen LogP contribution in [0.25, 0.3) is 5.57 Å². The summed E-state index contributed by atoms with van der Waals surface area (Å²) in [5.74, 6) is -0.843. The van der Waals surface area contributed by atoms with Gasteiger partial charge in [-0.1, -0.05) is 35.4 Å². The third kappa shape index (κ3) is 3.30. The maximum Gasteiger partial charge on any atom is 0.312 e. The molecule has 2 N–H and O–H groups in total. The molecule has 1 aromatic carbocycles. The molecule has 4 unspecified atom stereocenters. The molecule has 28 heavy (non-hydrogen) atoms. The first-order valence-electron chi connectivity index (χ1n) is 9.08. The number of esters is 1. The van der Waals surface area contributed by atoms with Crippen LogP contribution in [0.2, 0.25) is 10.0 Å². The molecule has 2 heterocycles. The van der Waals surface area contributed by atoms with E-state index in [1.165, 1.54) is 7.11 Å². The van der Waals surface area contributed by atoms with Gasteiger partial charge in [0, 0.05) is 34.6 Å². The fourth-order valence-corrected chi connectivity index (χ4v) is 4.64. The number of benzene rings is 1. The Morgan fingerprint density at radius 1 is 1.25 bits per heavy atom. The highest BCUT2D eigenvalue weighted by Crippen LogP contribution is 2.42. The Hall–Kier alpha value is -2.02. The third-order valence-electron chi connectivity index (χ3n) is 5.50. The molecule has 1 fully saturated rings. The number of methoxy groups -OCH3 is 1. The largest absolute Gasteiger partial charge is 0.483 e. The Morgan fingerprint density at radius 2 is 2.00 bits per heavy atom. The van der Waals surface area contributed by atoms with Gasteiger partial charge in [-0.2, -0.15) is 0 Å². The van der Waals surface area contributed by atoms with Gasteiger partial charge in [0.2, 0.25) is 5.60 Å². The number of carbonyl (C=O) groups is 2. The maximum absolute atomic E-state index is 13.1. The van der Waals surface area contributed by atoms with Crippen LogP contribution >= 0.6 is 23.2 Å². The molecule has 8 heteroatoms. The molecule has 2 aliphatic heterocycles. The normalized spacial score (nSPS) is 30.5. The highest BCUT2D eigenvalue weighted by Gasteiger charge is 2.56. The van der Waals surface area contributed by atoms with Gasteiger partial charge in [-0.3, -0.25) is 9.59 Å². The van der Waals surface area contributed by atoms with Crippen molar-refractivity contribution in [3.63, 3.8) is 0 Å². The van der Waals surface area contributed by atoms with Crippen molar-refractivity contribution in [1.29, 1.82) is 0 Å². The first-order valence-corrected chi connectivity index (χ1v) is 9.83. The average molecular weight is 423 g/mol. The van der Waals surface area contributed by atoms with Gasteiger partial charge >= 0.3 is 5.97 Å². The predicted octanol–water partition coefficient (Wildman–Crippen LogP) is 2.70. The molecular weight excluding hydrogens is 403 g/mol. The van der Waals surface area contributed by atoms with Crippen molar-refractivity contribution in [2.45, 2.75) is 30.5 Å². The molecule has 1 aromatic rings. The van der Waals surface area contributed by atoms with Crippen molar-refractivity contribution in [3.8, 4) is 0 Å². The minimum Gasteiger partial charge on any atom is -0.483 e. The summed E-state index contributed by atoms with van der Waals surface area (Å²) in [5.41, 5.74) is 0.631. The topological polar surface area (TPSA) is 76.7 Å². The van der Waals surface area contributed by atoms with Crippen LogP contribution in [0.15, 0.2) is 36.6 Å². The van der Waals surface area contributed by atoms with E-state index in [0.29, 0.717) is 29.4 Å². The Morgan fingerprint density at radius 3 is 2.71 bits per heavy atom. The zero-order valence-electron chi connectivity index (χ0n) is 15.2. The number of nitrogens with one attached hydrogen (secondary N) is 2. The second-order valence-electron chi connectivity index (χ2n) is 7.21. The predicted molar refractivity (Wildman–Crippen MR) is 106 cm³/mol. The van der Waals surface area contributed by atoms with Gasteiger partial charge in [-0.25, -0.2) is 0 Å². The van der Waals surface area contributed by atoms with Gasteiger partial charge in [-0.05, 0) is 30.2 Å². The number of hydrogen-bond donors (Lipinski definition) is 2. The second-order valence-corrected chi connectivity index (χ2v) is 8.08. The number of amides is 1. The maximum atomic E-state index is 13.1. The van der Waals surface area contributed by atoms with Crippen LogP contribution in [0.4, 0.5) is 0 Å². The molecule has 0 aromatic heterocycles. The summed E-state index contributed by atoms with van der Waals surface area (Å²) in [6.07, 6.45) is 6.23. The molecule has 0 bridgehead atoms. The molecule has 1 aliphatic carbocycles. The first kappa shape index (κ1) is 19.3. The molecule has 1 saturated heterocycles. The Labute approximate surface area is 172 Å². The zero-order valence-corrected chi connectivity index (χ0v) is 16.7. The Balaban J connectivity index is 1.50. The van der Waals surface area contributed by atoms with E-state index >= 15 is 0 Å². The minimum absolute atomic E-state index is 0.206. The quantitative estimate of drug-likeness (QED) is 0.576. The molecule has 0 spiro atoms. The van der Waals surface area contributed by atoms with E-state index in [2.05, 4.69) is 10.6 Å². The Bertz CT molecular complexity index is 865. The molecule has 0 radical (unpaired) electrons. The average Bonchev–Trinajstić information content (AvgIpc) is 3.35. The van der Waals surface area contributed by atoms with E-state index in [-0.39, 0.29) is 29.9 Å². The van der Waals surface area contributed by atoms with Crippen LogP contribution in [-0.2, 0) is 19.1 Å². The van der Waals surface area contributed by atoms with Crippen molar-refractivity contribution < 1.29 is 19.1 Å². The fraction of sp³-hybridized carbons (Fsp3) is 0.400. The van der Waals surface area contributed by atoms with Gasteiger partial charge in [0.15, 0.2) is 0 Å². The molecule has 148 valence electrons. The van der Waals surface area contributed by atoms with Gasteiger partial charge in [-0.15, -0.1) is 0 Å². The molecule has 6 nitrogen and oxygen atoms in total. The zero-order chi connectivity index (χ0) is 19.9. The van der Waals surface area contributed by atoms with Gasteiger partial charge in [0.25, 0.3) is 5.91 Å². The van der Waals surface area contributed by atoms with Gasteiger partial charge in [0.1, 0.15) is 0 Å². The summed E-state index contributed by atoms with van der Waals surface area (Å²) in [5, 5.41) is 7.40. The van der Waals surface area contributed by atoms with Crippen LogP contribution in [0.1, 0.15) is 18.4 Å². The van der Waals surface area contributed by atoms with E-state index < -0.39 is 5.60 Å². The van der Waals surface area contributed by atoms with Crippen LogP contribution in [0, 0.1) is 5.92 Å². The molecule has 4 atom stereocenters. The van der Waals surface area contributed by atoms with E-state index in [1.54, 1.807) is 30.5 Å².